The van der Waals surface area contributed by atoms with E-state index in [4.69, 9.17) is 18.0 Å². The minimum absolute atomic E-state index is 0.490. The van der Waals surface area contributed by atoms with E-state index in [0.717, 1.165) is 36.1 Å². The first-order valence-corrected chi connectivity index (χ1v) is 6.86. The molecule has 1 aromatic carbocycles. The molecule has 0 saturated heterocycles. The molecule has 0 amide bonds. The Labute approximate surface area is 119 Å². The molecule has 0 fully saturated rings. The molecule has 1 heterocycles. The van der Waals surface area contributed by atoms with Gasteiger partial charge in [0.1, 0.15) is 0 Å². The molecule has 0 saturated carbocycles. The van der Waals surface area contributed by atoms with E-state index in [1.807, 2.05) is 12.1 Å². The predicted octanol–water partition coefficient (Wildman–Crippen LogP) is 1.82. The molecule has 0 spiro atoms. The van der Waals surface area contributed by atoms with E-state index in [9.17, 15) is 0 Å². The highest BCUT2D eigenvalue weighted by Crippen LogP contribution is 2.19. The fourth-order valence-corrected chi connectivity index (χ4v) is 2.34. The van der Waals surface area contributed by atoms with Crippen molar-refractivity contribution in [3.63, 3.8) is 0 Å². The van der Waals surface area contributed by atoms with Crippen LogP contribution in [0.15, 0.2) is 24.3 Å². The quantitative estimate of drug-likeness (QED) is 0.818. The van der Waals surface area contributed by atoms with Crippen molar-refractivity contribution in [3.8, 4) is 0 Å². The topological polar surface area (TPSA) is 47.1 Å². The van der Waals surface area contributed by atoms with Gasteiger partial charge in [0.05, 0.1) is 16.2 Å². The van der Waals surface area contributed by atoms with Crippen LogP contribution in [-0.4, -0.2) is 40.3 Å². The third kappa shape index (κ3) is 3.52. The van der Waals surface area contributed by atoms with Gasteiger partial charge in [0.25, 0.3) is 0 Å². The zero-order valence-electron chi connectivity index (χ0n) is 11.5. The molecule has 102 valence electrons. The maximum Gasteiger partial charge on any atom is 0.0788 e. The first-order valence-electron chi connectivity index (χ1n) is 6.45. The van der Waals surface area contributed by atoms with Crippen LogP contribution in [0, 0.1) is 0 Å². The van der Waals surface area contributed by atoms with Crippen LogP contribution in [0.1, 0.15) is 12.1 Å². The van der Waals surface area contributed by atoms with E-state index in [1.54, 1.807) is 0 Å². The third-order valence-electron chi connectivity index (χ3n) is 3.05. The summed E-state index contributed by atoms with van der Waals surface area (Å²) in [6.07, 6.45) is 1.64. The Morgan fingerprint density at radius 3 is 2.79 bits per heavy atom. The third-order valence-corrected chi connectivity index (χ3v) is 3.20. The van der Waals surface area contributed by atoms with Crippen molar-refractivity contribution in [1.82, 2.24) is 14.7 Å². The van der Waals surface area contributed by atoms with Crippen molar-refractivity contribution in [1.29, 1.82) is 0 Å². The Bertz CT molecular complexity index is 574. The van der Waals surface area contributed by atoms with E-state index in [1.165, 1.54) is 0 Å². The second-order valence-electron chi connectivity index (χ2n) is 4.99. The van der Waals surface area contributed by atoms with Crippen LogP contribution in [0.4, 0.5) is 0 Å². The maximum absolute atomic E-state index is 5.64. The number of aryl methyl sites for hydroxylation is 1. The molecule has 2 aromatic rings. The van der Waals surface area contributed by atoms with Gasteiger partial charge in [-0.05, 0) is 33.1 Å². The molecule has 0 unspecified atom stereocenters. The highest BCUT2D eigenvalue weighted by Gasteiger charge is 2.10. The summed E-state index contributed by atoms with van der Waals surface area (Å²) in [5.41, 5.74) is 7.78. The highest BCUT2D eigenvalue weighted by molar-refractivity contribution is 7.80. The van der Waals surface area contributed by atoms with Crippen molar-refractivity contribution < 1.29 is 0 Å². The van der Waals surface area contributed by atoms with Gasteiger partial charge < -0.3 is 10.6 Å². The molecule has 0 bridgehead atoms. The molecule has 0 aliphatic carbocycles. The Kier molecular flexibility index (Phi) is 4.50. The van der Waals surface area contributed by atoms with E-state index in [0.29, 0.717) is 11.4 Å². The Hall–Kier alpha value is -1.46. The molecule has 5 heteroatoms. The average molecular weight is 276 g/mol. The zero-order valence-corrected chi connectivity index (χ0v) is 12.3. The fraction of sp³-hybridized carbons (Fsp3) is 0.429. The molecular weight excluding hydrogens is 256 g/mol. The molecule has 0 aliphatic rings. The van der Waals surface area contributed by atoms with Gasteiger partial charge in [0.2, 0.25) is 0 Å². The standard InChI is InChI=1S/C14H20N4S/c1-17(2)8-5-9-18-13-7-4-3-6-11(13)12(16-18)10-14(15)19/h3-4,6-7H,5,8-10H2,1-2H3,(H2,15,19). The van der Waals surface area contributed by atoms with Crippen LogP contribution in [0.25, 0.3) is 10.9 Å². The first-order chi connectivity index (χ1) is 9.08. The second kappa shape index (κ2) is 6.12. The number of rotatable bonds is 6. The number of para-hydroxylation sites is 1. The summed E-state index contributed by atoms with van der Waals surface area (Å²) in [6, 6.07) is 8.24. The van der Waals surface area contributed by atoms with Crippen molar-refractivity contribution in [2.24, 2.45) is 5.73 Å². The normalized spacial score (nSPS) is 11.3. The lowest BCUT2D eigenvalue weighted by atomic mass is 10.2. The van der Waals surface area contributed by atoms with Gasteiger partial charge in [-0.1, -0.05) is 30.4 Å². The lowest BCUT2D eigenvalue weighted by molar-refractivity contribution is 0.382. The summed E-state index contributed by atoms with van der Waals surface area (Å²) < 4.78 is 2.06. The first kappa shape index (κ1) is 14.0. The second-order valence-corrected chi connectivity index (χ2v) is 5.51. The van der Waals surface area contributed by atoms with Crippen LogP contribution in [0.5, 0.6) is 0 Å². The number of nitrogens with two attached hydrogens (primary N) is 1. The van der Waals surface area contributed by atoms with Gasteiger partial charge in [-0.15, -0.1) is 0 Å². The van der Waals surface area contributed by atoms with Gasteiger partial charge in [-0.2, -0.15) is 5.10 Å². The van der Waals surface area contributed by atoms with Gasteiger partial charge in [0.15, 0.2) is 0 Å². The summed E-state index contributed by atoms with van der Waals surface area (Å²) in [5, 5.41) is 5.81. The number of hydrogen-bond donors (Lipinski definition) is 1. The summed E-state index contributed by atoms with van der Waals surface area (Å²) >= 11 is 4.99. The largest absolute Gasteiger partial charge is 0.393 e. The van der Waals surface area contributed by atoms with Crippen LogP contribution in [-0.2, 0) is 13.0 Å². The highest BCUT2D eigenvalue weighted by atomic mass is 32.1. The number of nitrogens with zero attached hydrogens (tertiary/aromatic N) is 3. The Morgan fingerprint density at radius 1 is 1.37 bits per heavy atom. The Balaban J connectivity index is 2.25. The lowest BCUT2D eigenvalue weighted by Gasteiger charge is -2.09. The smallest absolute Gasteiger partial charge is 0.0788 e. The molecule has 4 nitrogen and oxygen atoms in total. The van der Waals surface area contributed by atoms with Gasteiger partial charge in [-0.3, -0.25) is 4.68 Å². The number of hydrogen-bond acceptors (Lipinski definition) is 3. The molecule has 1 aromatic heterocycles. The zero-order chi connectivity index (χ0) is 13.8. The minimum atomic E-state index is 0.490. The van der Waals surface area contributed by atoms with Gasteiger partial charge in [0, 0.05) is 18.4 Å². The maximum atomic E-state index is 5.64. The number of aromatic nitrogens is 2. The van der Waals surface area contributed by atoms with E-state index >= 15 is 0 Å². The van der Waals surface area contributed by atoms with E-state index < -0.39 is 0 Å². The van der Waals surface area contributed by atoms with Gasteiger partial charge in [-0.25, -0.2) is 0 Å². The van der Waals surface area contributed by atoms with Crippen LogP contribution in [0.3, 0.4) is 0 Å². The molecule has 0 radical (unpaired) electrons. The average Bonchev–Trinajstić information content (AvgIpc) is 2.67. The minimum Gasteiger partial charge on any atom is -0.393 e. The van der Waals surface area contributed by atoms with Crippen LogP contribution < -0.4 is 5.73 Å². The SMILES string of the molecule is CN(C)CCCn1nc(CC(N)=S)c2ccccc21. The lowest BCUT2D eigenvalue weighted by Crippen LogP contribution is -2.16. The predicted molar refractivity (Wildman–Crippen MR) is 83.4 cm³/mol. The molecule has 0 atom stereocenters. The summed E-state index contributed by atoms with van der Waals surface area (Å²) in [5.74, 6) is 0. The number of benzene rings is 1. The van der Waals surface area contributed by atoms with Crippen molar-refractivity contribution in [2.45, 2.75) is 19.4 Å². The van der Waals surface area contributed by atoms with E-state index in [2.05, 4.69) is 40.9 Å². The summed E-state index contributed by atoms with van der Waals surface area (Å²) in [7, 11) is 4.17. The Morgan fingerprint density at radius 2 is 2.11 bits per heavy atom. The van der Waals surface area contributed by atoms with Gasteiger partial charge >= 0.3 is 0 Å². The summed E-state index contributed by atoms with van der Waals surface area (Å²) in [6.45, 7) is 1.97. The molecule has 2 rings (SSSR count). The van der Waals surface area contributed by atoms with Crippen molar-refractivity contribution in [2.75, 3.05) is 20.6 Å². The van der Waals surface area contributed by atoms with Crippen molar-refractivity contribution >= 4 is 28.1 Å². The number of thiocarbonyl (C=S) groups is 1. The monoisotopic (exact) mass is 276 g/mol. The van der Waals surface area contributed by atoms with Crippen molar-refractivity contribution in [3.05, 3.63) is 30.0 Å². The van der Waals surface area contributed by atoms with E-state index in [-0.39, 0.29) is 0 Å². The number of fused-ring (bicyclic) bond motifs is 1. The molecule has 19 heavy (non-hydrogen) atoms. The summed E-state index contributed by atoms with van der Waals surface area (Å²) in [4.78, 5) is 2.67. The van der Waals surface area contributed by atoms with Crippen LogP contribution in [0.2, 0.25) is 0 Å². The fourth-order valence-electron chi connectivity index (χ4n) is 2.20. The molecule has 2 N–H and O–H groups in total. The molecule has 0 aliphatic heterocycles. The molecular formula is C14H20N4S. The van der Waals surface area contributed by atoms with Crippen LogP contribution >= 0.6 is 12.2 Å².